The summed E-state index contributed by atoms with van der Waals surface area (Å²) in [7, 11) is -3.04. The maximum absolute atomic E-state index is 12.3. The van der Waals surface area contributed by atoms with Crippen LogP contribution in [0.25, 0.3) is 0 Å². The topological polar surface area (TPSA) is 91.8 Å². The highest BCUT2D eigenvalue weighted by Gasteiger charge is 2.36. The summed E-state index contributed by atoms with van der Waals surface area (Å²) >= 11 is 0. The second kappa shape index (κ2) is 6.11. The van der Waals surface area contributed by atoms with E-state index in [1.54, 1.807) is 4.90 Å². The molecule has 2 aliphatic heterocycles. The van der Waals surface area contributed by atoms with Crippen molar-refractivity contribution in [1.82, 2.24) is 4.90 Å². The Morgan fingerprint density at radius 1 is 1.25 bits per heavy atom. The number of carboxylic acid groups (broad SMARTS) is 1. The number of hydrogen-bond donors (Lipinski definition) is 1. The fraction of sp³-hybridized carbons (Fsp3) is 0.846. The lowest BCUT2D eigenvalue weighted by Crippen LogP contribution is -2.43. The molecule has 2 atom stereocenters. The molecule has 20 heavy (non-hydrogen) atoms. The average molecular weight is 303 g/mol. The van der Waals surface area contributed by atoms with E-state index in [1.165, 1.54) is 0 Å². The van der Waals surface area contributed by atoms with Crippen molar-refractivity contribution in [1.29, 1.82) is 0 Å². The van der Waals surface area contributed by atoms with E-state index in [9.17, 15) is 18.0 Å². The predicted octanol–water partition coefficient (Wildman–Crippen LogP) is 0.525. The Kier molecular flexibility index (Phi) is 4.67. The third-order valence-electron chi connectivity index (χ3n) is 4.18. The van der Waals surface area contributed by atoms with Gasteiger partial charge in [0.2, 0.25) is 5.91 Å². The number of piperidine rings is 1. The van der Waals surface area contributed by atoms with Crippen molar-refractivity contribution in [2.24, 2.45) is 11.8 Å². The Morgan fingerprint density at radius 3 is 2.60 bits per heavy atom. The van der Waals surface area contributed by atoms with Gasteiger partial charge < -0.3 is 10.0 Å². The van der Waals surface area contributed by atoms with Crippen molar-refractivity contribution >= 4 is 21.7 Å². The summed E-state index contributed by atoms with van der Waals surface area (Å²) in [4.78, 5) is 24.6. The van der Waals surface area contributed by atoms with E-state index in [2.05, 4.69) is 0 Å². The number of aliphatic carboxylic acids is 1. The fourth-order valence-corrected chi connectivity index (χ4v) is 4.81. The van der Waals surface area contributed by atoms with Crippen molar-refractivity contribution < 1.29 is 23.1 Å². The van der Waals surface area contributed by atoms with Crippen molar-refractivity contribution in [3.05, 3.63) is 0 Å². The molecular formula is C13H21NO5S. The van der Waals surface area contributed by atoms with Gasteiger partial charge in [0.1, 0.15) is 0 Å². The SMILES string of the molecule is O=C(O)CCC1CCCN(C(=O)C2CCS(=O)(=O)C2)C1. The van der Waals surface area contributed by atoms with Crippen molar-refractivity contribution in [3.8, 4) is 0 Å². The average Bonchev–Trinajstić information content (AvgIpc) is 2.76. The van der Waals surface area contributed by atoms with Gasteiger partial charge >= 0.3 is 5.97 Å². The molecule has 2 rings (SSSR count). The first kappa shape index (κ1) is 15.3. The van der Waals surface area contributed by atoms with E-state index in [0.29, 0.717) is 25.9 Å². The van der Waals surface area contributed by atoms with Crippen LogP contribution in [-0.4, -0.2) is 54.9 Å². The highest BCUT2D eigenvalue weighted by Crippen LogP contribution is 2.26. The molecule has 0 aromatic rings. The smallest absolute Gasteiger partial charge is 0.303 e. The standard InChI is InChI=1S/C13H21NO5S/c15-12(16)4-3-10-2-1-6-14(8-10)13(17)11-5-7-20(18,19)9-11/h10-11H,1-9H2,(H,15,16). The molecule has 0 saturated carbocycles. The molecule has 7 heteroatoms. The van der Waals surface area contributed by atoms with Gasteiger partial charge in [-0.25, -0.2) is 8.42 Å². The van der Waals surface area contributed by atoms with Crippen LogP contribution >= 0.6 is 0 Å². The zero-order valence-corrected chi connectivity index (χ0v) is 12.3. The zero-order chi connectivity index (χ0) is 14.8. The Hall–Kier alpha value is -1.11. The van der Waals surface area contributed by atoms with E-state index in [0.717, 1.165) is 12.8 Å². The molecule has 114 valence electrons. The quantitative estimate of drug-likeness (QED) is 0.817. The number of sulfone groups is 1. The summed E-state index contributed by atoms with van der Waals surface area (Å²) < 4.78 is 22.9. The number of nitrogens with zero attached hydrogens (tertiary/aromatic N) is 1. The minimum absolute atomic E-state index is 0.0257. The van der Waals surface area contributed by atoms with Gasteiger partial charge in [-0.3, -0.25) is 9.59 Å². The molecule has 1 amide bonds. The maximum Gasteiger partial charge on any atom is 0.303 e. The van der Waals surface area contributed by atoms with E-state index >= 15 is 0 Å². The summed E-state index contributed by atoms with van der Waals surface area (Å²) in [5, 5.41) is 8.70. The van der Waals surface area contributed by atoms with Crippen LogP contribution in [0.4, 0.5) is 0 Å². The van der Waals surface area contributed by atoms with Crippen molar-refractivity contribution in [2.45, 2.75) is 32.1 Å². The Labute approximate surface area is 119 Å². The van der Waals surface area contributed by atoms with Crippen LogP contribution < -0.4 is 0 Å². The molecule has 2 aliphatic rings. The van der Waals surface area contributed by atoms with Crippen molar-refractivity contribution in [2.75, 3.05) is 24.6 Å². The van der Waals surface area contributed by atoms with Gasteiger partial charge in [0.15, 0.2) is 9.84 Å². The molecule has 6 nitrogen and oxygen atoms in total. The molecule has 0 aromatic carbocycles. The predicted molar refractivity (Wildman–Crippen MR) is 72.9 cm³/mol. The lowest BCUT2D eigenvalue weighted by molar-refractivity contribution is -0.137. The highest BCUT2D eigenvalue weighted by atomic mass is 32.2. The van der Waals surface area contributed by atoms with Crippen LogP contribution in [0.3, 0.4) is 0 Å². The van der Waals surface area contributed by atoms with E-state index < -0.39 is 21.7 Å². The van der Waals surface area contributed by atoms with Gasteiger partial charge in [0.05, 0.1) is 17.4 Å². The maximum atomic E-state index is 12.3. The van der Waals surface area contributed by atoms with Gasteiger partial charge in [-0.05, 0) is 31.6 Å². The molecule has 1 N–H and O–H groups in total. The first-order valence-corrected chi connectivity index (χ1v) is 8.90. The second-order valence-electron chi connectivity index (χ2n) is 5.82. The summed E-state index contributed by atoms with van der Waals surface area (Å²) in [6.45, 7) is 1.24. The number of carboxylic acids is 1. The highest BCUT2D eigenvalue weighted by molar-refractivity contribution is 7.91. The summed E-state index contributed by atoms with van der Waals surface area (Å²) in [5.41, 5.74) is 0. The monoisotopic (exact) mass is 303 g/mol. The Morgan fingerprint density at radius 2 is 2.00 bits per heavy atom. The van der Waals surface area contributed by atoms with Gasteiger partial charge in [0, 0.05) is 19.5 Å². The van der Waals surface area contributed by atoms with Gasteiger partial charge in [-0.15, -0.1) is 0 Å². The molecule has 0 radical (unpaired) electrons. The van der Waals surface area contributed by atoms with Crippen LogP contribution in [0.15, 0.2) is 0 Å². The number of rotatable bonds is 4. The first-order chi connectivity index (χ1) is 9.37. The normalized spacial score (nSPS) is 29.3. The molecule has 0 spiro atoms. The van der Waals surface area contributed by atoms with Crippen LogP contribution in [0.5, 0.6) is 0 Å². The van der Waals surface area contributed by atoms with Gasteiger partial charge in [-0.2, -0.15) is 0 Å². The summed E-state index contributed by atoms with van der Waals surface area (Å²) in [6.07, 6.45) is 2.96. The van der Waals surface area contributed by atoms with Crippen LogP contribution in [-0.2, 0) is 19.4 Å². The molecule has 2 heterocycles. The fourth-order valence-electron chi connectivity index (χ4n) is 3.08. The minimum Gasteiger partial charge on any atom is -0.481 e. The molecule has 2 saturated heterocycles. The molecule has 2 fully saturated rings. The van der Waals surface area contributed by atoms with Crippen LogP contribution in [0.1, 0.15) is 32.1 Å². The van der Waals surface area contributed by atoms with Gasteiger partial charge in [-0.1, -0.05) is 0 Å². The summed E-state index contributed by atoms with van der Waals surface area (Å²) in [5.74, 6) is -0.955. The number of hydrogen-bond acceptors (Lipinski definition) is 4. The summed E-state index contributed by atoms with van der Waals surface area (Å²) in [6, 6.07) is 0. The minimum atomic E-state index is -3.04. The molecule has 0 aliphatic carbocycles. The van der Waals surface area contributed by atoms with Crippen LogP contribution in [0.2, 0.25) is 0 Å². The first-order valence-electron chi connectivity index (χ1n) is 7.08. The zero-order valence-electron chi connectivity index (χ0n) is 11.5. The van der Waals surface area contributed by atoms with E-state index in [1.807, 2.05) is 0 Å². The molecular weight excluding hydrogens is 282 g/mol. The lowest BCUT2D eigenvalue weighted by atomic mass is 9.92. The largest absolute Gasteiger partial charge is 0.481 e. The Balaban J connectivity index is 1.88. The Bertz CT molecular complexity index is 487. The number of likely N-dealkylation sites (tertiary alicyclic amines) is 1. The number of carbonyl (C=O) groups is 2. The molecule has 2 unspecified atom stereocenters. The second-order valence-corrected chi connectivity index (χ2v) is 8.05. The van der Waals surface area contributed by atoms with Crippen molar-refractivity contribution in [3.63, 3.8) is 0 Å². The third-order valence-corrected chi connectivity index (χ3v) is 5.95. The van der Waals surface area contributed by atoms with E-state index in [-0.39, 0.29) is 29.8 Å². The van der Waals surface area contributed by atoms with Crippen LogP contribution in [0, 0.1) is 11.8 Å². The number of carbonyl (C=O) groups excluding carboxylic acids is 1. The van der Waals surface area contributed by atoms with E-state index in [4.69, 9.17) is 5.11 Å². The lowest BCUT2D eigenvalue weighted by Gasteiger charge is -2.34. The molecule has 0 aromatic heterocycles. The third kappa shape index (κ3) is 3.94. The molecule has 0 bridgehead atoms. The number of amides is 1. The van der Waals surface area contributed by atoms with Gasteiger partial charge in [0.25, 0.3) is 0 Å².